The van der Waals surface area contributed by atoms with E-state index in [2.05, 4.69) is 10.2 Å². The first-order chi connectivity index (χ1) is 9.74. The summed E-state index contributed by atoms with van der Waals surface area (Å²) in [5, 5.41) is 2.91. The molecule has 1 aromatic rings. The van der Waals surface area contributed by atoms with Crippen molar-refractivity contribution in [2.45, 2.75) is 0 Å². The molecule has 1 amide bonds. The maximum Gasteiger partial charge on any atom is 0.244 e. The maximum absolute atomic E-state index is 11.7. The minimum Gasteiger partial charge on any atom is -0.399 e. The molecular weight excluding hydrogens is 270 g/mol. The van der Waals surface area contributed by atoms with Crippen molar-refractivity contribution in [2.24, 2.45) is 0 Å². The van der Waals surface area contributed by atoms with Crippen molar-refractivity contribution < 1.29 is 4.79 Å². The lowest BCUT2D eigenvalue weighted by Crippen LogP contribution is -2.38. The van der Waals surface area contributed by atoms with Crippen LogP contribution in [0.25, 0.3) is 6.08 Å². The SMILES string of the molecule is Nc1ccc(/C=C/C(=O)NCCN2CCSCC2)cc1. The van der Waals surface area contributed by atoms with Gasteiger partial charge in [-0.05, 0) is 23.8 Å². The first kappa shape index (κ1) is 14.9. The molecule has 0 saturated carbocycles. The Balaban J connectivity index is 1.68. The van der Waals surface area contributed by atoms with Crippen LogP contribution in [0.4, 0.5) is 5.69 Å². The van der Waals surface area contributed by atoms with Gasteiger partial charge < -0.3 is 11.1 Å². The molecule has 1 aromatic carbocycles. The minimum absolute atomic E-state index is 0.0480. The normalized spacial score (nSPS) is 16.4. The number of anilines is 1. The molecule has 0 radical (unpaired) electrons. The van der Waals surface area contributed by atoms with E-state index in [0.717, 1.165) is 30.9 Å². The van der Waals surface area contributed by atoms with Gasteiger partial charge in [-0.25, -0.2) is 0 Å². The van der Waals surface area contributed by atoms with E-state index in [0.29, 0.717) is 6.54 Å². The number of carbonyl (C=O) groups excluding carboxylic acids is 1. The molecule has 2 rings (SSSR count). The Hall–Kier alpha value is -1.46. The number of hydrogen-bond donors (Lipinski definition) is 2. The molecule has 3 N–H and O–H groups in total. The van der Waals surface area contributed by atoms with Crippen molar-refractivity contribution in [3.05, 3.63) is 35.9 Å². The van der Waals surface area contributed by atoms with Crippen LogP contribution in [0.3, 0.4) is 0 Å². The smallest absolute Gasteiger partial charge is 0.244 e. The highest BCUT2D eigenvalue weighted by atomic mass is 32.2. The molecule has 1 fully saturated rings. The summed E-state index contributed by atoms with van der Waals surface area (Å²) >= 11 is 2.00. The van der Waals surface area contributed by atoms with Gasteiger partial charge in [0.15, 0.2) is 0 Å². The summed E-state index contributed by atoms with van der Waals surface area (Å²) in [6.45, 7) is 3.89. The first-order valence-electron chi connectivity index (χ1n) is 6.85. The average Bonchev–Trinajstić information content (AvgIpc) is 2.48. The third-order valence-electron chi connectivity index (χ3n) is 3.19. The van der Waals surface area contributed by atoms with Crippen LogP contribution in [0.15, 0.2) is 30.3 Å². The van der Waals surface area contributed by atoms with Crippen LogP contribution < -0.4 is 11.1 Å². The van der Waals surface area contributed by atoms with Gasteiger partial charge in [0.25, 0.3) is 0 Å². The number of nitrogen functional groups attached to an aromatic ring is 1. The largest absolute Gasteiger partial charge is 0.399 e. The summed E-state index contributed by atoms with van der Waals surface area (Å²) in [5.41, 5.74) is 7.31. The molecule has 0 spiro atoms. The van der Waals surface area contributed by atoms with Crippen molar-refractivity contribution in [3.8, 4) is 0 Å². The van der Waals surface area contributed by atoms with E-state index in [1.54, 1.807) is 12.2 Å². The zero-order valence-electron chi connectivity index (χ0n) is 11.5. The van der Waals surface area contributed by atoms with Crippen LogP contribution in [0.2, 0.25) is 0 Å². The van der Waals surface area contributed by atoms with Crippen LogP contribution in [-0.2, 0) is 4.79 Å². The van der Waals surface area contributed by atoms with Gasteiger partial charge in [0.05, 0.1) is 0 Å². The zero-order valence-corrected chi connectivity index (χ0v) is 12.4. The number of nitrogens with one attached hydrogen (secondary N) is 1. The fourth-order valence-electron chi connectivity index (χ4n) is 2.00. The van der Waals surface area contributed by atoms with Crippen LogP contribution in [0.1, 0.15) is 5.56 Å². The number of hydrogen-bond acceptors (Lipinski definition) is 4. The molecule has 1 heterocycles. The molecule has 0 bridgehead atoms. The number of thioether (sulfide) groups is 1. The van der Waals surface area contributed by atoms with Crippen LogP contribution in [0.5, 0.6) is 0 Å². The van der Waals surface area contributed by atoms with Crippen LogP contribution in [-0.4, -0.2) is 48.5 Å². The van der Waals surface area contributed by atoms with E-state index < -0.39 is 0 Å². The molecule has 0 aromatic heterocycles. The Morgan fingerprint density at radius 1 is 1.30 bits per heavy atom. The van der Waals surface area contributed by atoms with Gasteiger partial charge in [-0.2, -0.15) is 11.8 Å². The summed E-state index contributed by atoms with van der Waals surface area (Å²) in [7, 11) is 0. The number of carbonyl (C=O) groups is 1. The predicted molar refractivity (Wildman–Crippen MR) is 86.7 cm³/mol. The highest BCUT2D eigenvalue weighted by molar-refractivity contribution is 7.99. The molecule has 108 valence electrons. The van der Waals surface area contributed by atoms with Crippen LogP contribution in [0, 0.1) is 0 Å². The highest BCUT2D eigenvalue weighted by Crippen LogP contribution is 2.08. The molecule has 0 unspecified atom stereocenters. The third-order valence-corrected chi connectivity index (χ3v) is 4.14. The quantitative estimate of drug-likeness (QED) is 0.637. The Kier molecular flexibility index (Phi) is 5.95. The van der Waals surface area contributed by atoms with Crippen molar-refractivity contribution >= 4 is 29.4 Å². The number of nitrogens with zero attached hydrogens (tertiary/aromatic N) is 1. The molecular formula is C15H21N3OS. The lowest BCUT2D eigenvalue weighted by Gasteiger charge is -2.25. The first-order valence-corrected chi connectivity index (χ1v) is 8.01. The van der Waals surface area contributed by atoms with E-state index in [1.807, 2.05) is 36.0 Å². The maximum atomic E-state index is 11.7. The Bertz CT molecular complexity index is 453. The molecule has 0 aliphatic carbocycles. The second kappa shape index (κ2) is 7.97. The lowest BCUT2D eigenvalue weighted by molar-refractivity contribution is -0.116. The van der Waals surface area contributed by atoms with E-state index in [4.69, 9.17) is 5.73 Å². The topological polar surface area (TPSA) is 58.4 Å². The van der Waals surface area contributed by atoms with E-state index in [9.17, 15) is 4.79 Å². The predicted octanol–water partition coefficient (Wildman–Crippen LogP) is 1.45. The second-order valence-electron chi connectivity index (χ2n) is 4.75. The molecule has 5 heteroatoms. The number of rotatable bonds is 5. The Morgan fingerprint density at radius 2 is 2.00 bits per heavy atom. The van der Waals surface area contributed by atoms with Crippen molar-refractivity contribution in [2.75, 3.05) is 43.4 Å². The van der Waals surface area contributed by atoms with Crippen molar-refractivity contribution in [1.82, 2.24) is 10.2 Å². The lowest BCUT2D eigenvalue weighted by atomic mass is 10.2. The summed E-state index contributed by atoms with van der Waals surface area (Å²) in [5.74, 6) is 2.35. The molecule has 20 heavy (non-hydrogen) atoms. The summed E-state index contributed by atoms with van der Waals surface area (Å²) in [6, 6.07) is 7.44. The van der Waals surface area contributed by atoms with E-state index >= 15 is 0 Å². The molecule has 4 nitrogen and oxygen atoms in total. The number of benzene rings is 1. The average molecular weight is 291 g/mol. The number of amides is 1. The summed E-state index contributed by atoms with van der Waals surface area (Å²) in [6.07, 6.45) is 3.36. The fourth-order valence-corrected chi connectivity index (χ4v) is 2.98. The third kappa shape index (κ3) is 5.27. The van der Waals surface area contributed by atoms with Crippen molar-refractivity contribution in [3.63, 3.8) is 0 Å². The van der Waals surface area contributed by atoms with Gasteiger partial charge in [0, 0.05) is 49.4 Å². The minimum atomic E-state index is -0.0480. The van der Waals surface area contributed by atoms with Gasteiger partial charge in [0.2, 0.25) is 5.91 Å². The second-order valence-corrected chi connectivity index (χ2v) is 5.97. The molecule has 1 saturated heterocycles. The van der Waals surface area contributed by atoms with E-state index in [-0.39, 0.29) is 5.91 Å². The van der Waals surface area contributed by atoms with Gasteiger partial charge >= 0.3 is 0 Å². The standard InChI is InChI=1S/C15H21N3OS/c16-14-4-1-13(2-5-14)3-6-15(19)17-7-8-18-9-11-20-12-10-18/h1-6H,7-12,16H2,(H,17,19)/b6-3+. The monoisotopic (exact) mass is 291 g/mol. The molecule has 1 aliphatic heterocycles. The van der Waals surface area contributed by atoms with Crippen molar-refractivity contribution in [1.29, 1.82) is 0 Å². The van der Waals surface area contributed by atoms with Gasteiger partial charge in [-0.15, -0.1) is 0 Å². The van der Waals surface area contributed by atoms with Gasteiger partial charge in [-0.3, -0.25) is 9.69 Å². The number of nitrogens with two attached hydrogens (primary N) is 1. The zero-order chi connectivity index (χ0) is 14.2. The fraction of sp³-hybridized carbons (Fsp3) is 0.400. The molecule has 0 atom stereocenters. The molecule has 1 aliphatic rings. The van der Waals surface area contributed by atoms with Gasteiger partial charge in [-0.1, -0.05) is 12.1 Å². The van der Waals surface area contributed by atoms with E-state index in [1.165, 1.54) is 11.5 Å². The Labute approximate surface area is 124 Å². The Morgan fingerprint density at radius 3 is 2.70 bits per heavy atom. The van der Waals surface area contributed by atoms with Gasteiger partial charge in [0.1, 0.15) is 0 Å². The summed E-state index contributed by atoms with van der Waals surface area (Å²) in [4.78, 5) is 14.1. The summed E-state index contributed by atoms with van der Waals surface area (Å²) < 4.78 is 0. The highest BCUT2D eigenvalue weighted by Gasteiger charge is 2.09. The van der Waals surface area contributed by atoms with Crippen LogP contribution >= 0.6 is 11.8 Å².